The minimum Gasteiger partial charge on any atom is -0.270 e. The van der Waals surface area contributed by atoms with Crippen LogP contribution >= 0.6 is 0 Å². The summed E-state index contributed by atoms with van der Waals surface area (Å²) in [5, 5.41) is 4.53. The third-order valence-electron chi connectivity index (χ3n) is 4.01. The maximum Gasteiger partial charge on any atom is 0.0568 e. The van der Waals surface area contributed by atoms with Gasteiger partial charge in [0.05, 0.1) is 6.20 Å². The maximum atomic E-state index is 4.53. The molecule has 0 aliphatic carbocycles. The minimum atomic E-state index is 0.397. The van der Waals surface area contributed by atoms with E-state index in [1.165, 1.54) is 27.8 Å². The van der Waals surface area contributed by atoms with Gasteiger partial charge in [-0.25, -0.2) is 0 Å². The molecular formula is C19H28N2. The predicted octanol–water partition coefficient (Wildman–Crippen LogP) is 5.69. The van der Waals surface area contributed by atoms with E-state index in [1.54, 1.807) is 0 Å². The number of benzene rings is 1. The van der Waals surface area contributed by atoms with Gasteiger partial charge < -0.3 is 0 Å². The Balaban J connectivity index is 2.68. The molecule has 2 rings (SSSR count). The summed E-state index contributed by atoms with van der Waals surface area (Å²) in [6.07, 6.45) is 4.20. The van der Waals surface area contributed by atoms with Crippen LogP contribution in [-0.2, 0) is 0 Å². The zero-order chi connectivity index (χ0) is 15.7. The molecule has 0 radical (unpaired) electrons. The van der Waals surface area contributed by atoms with Gasteiger partial charge in [0.1, 0.15) is 0 Å². The van der Waals surface area contributed by atoms with Gasteiger partial charge in [0.2, 0.25) is 0 Å². The molecule has 0 saturated carbocycles. The van der Waals surface area contributed by atoms with Crippen LogP contribution in [0.15, 0.2) is 24.5 Å². The van der Waals surface area contributed by atoms with Gasteiger partial charge >= 0.3 is 0 Å². The molecule has 2 nitrogen and oxygen atoms in total. The summed E-state index contributed by atoms with van der Waals surface area (Å²) in [7, 11) is 0. The summed E-state index contributed by atoms with van der Waals surface area (Å²) in [5.41, 5.74) is 6.85. The average molecular weight is 284 g/mol. The summed E-state index contributed by atoms with van der Waals surface area (Å²) in [5.74, 6) is 1.03. The zero-order valence-electron chi connectivity index (χ0n) is 14.4. The van der Waals surface area contributed by atoms with Gasteiger partial charge in [0.15, 0.2) is 0 Å². The molecule has 1 heterocycles. The van der Waals surface area contributed by atoms with Gasteiger partial charge in [-0.2, -0.15) is 5.10 Å². The van der Waals surface area contributed by atoms with Crippen LogP contribution < -0.4 is 0 Å². The van der Waals surface area contributed by atoms with E-state index in [9.17, 15) is 0 Å². The Labute approximate surface area is 129 Å². The van der Waals surface area contributed by atoms with Crippen molar-refractivity contribution in [1.82, 2.24) is 9.78 Å². The average Bonchev–Trinajstić information content (AvgIpc) is 2.86. The molecule has 0 atom stereocenters. The molecule has 114 valence electrons. The molecule has 0 amide bonds. The summed E-state index contributed by atoms with van der Waals surface area (Å²) < 4.78 is 2.05. The second kappa shape index (κ2) is 6.05. The molecule has 2 aromatic rings. The Morgan fingerprint density at radius 2 is 1.43 bits per heavy atom. The van der Waals surface area contributed by atoms with E-state index >= 15 is 0 Å². The Hall–Kier alpha value is -1.57. The lowest BCUT2D eigenvalue weighted by Crippen LogP contribution is -2.02. The van der Waals surface area contributed by atoms with Crippen LogP contribution in [0.2, 0.25) is 0 Å². The van der Waals surface area contributed by atoms with Crippen molar-refractivity contribution in [2.45, 2.75) is 66.3 Å². The number of aromatic nitrogens is 2. The first-order valence-corrected chi connectivity index (χ1v) is 8.00. The SMILES string of the molecule is Cc1cc(C(C)C)c(-c2cnn(C(C)C)c2)c(C(C)C)c1. The lowest BCUT2D eigenvalue weighted by atomic mass is 9.84. The second-order valence-electron chi connectivity index (χ2n) is 6.93. The van der Waals surface area contributed by atoms with Crippen LogP contribution in [0.4, 0.5) is 0 Å². The van der Waals surface area contributed by atoms with E-state index in [2.05, 4.69) is 71.9 Å². The smallest absolute Gasteiger partial charge is 0.0568 e. The number of hydrogen-bond donors (Lipinski definition) is 0. The minimum absolute atomic E-state index is 0.397. The van der Waals surface area contributed by atoms with E-state index in [1.807, 2.05) is 10.9 Å². The molecule has 0 unspecified atom stereocenters. The fourth-order valence-electron chi connectivity index (χ4n) is 2.84. The molecule has 0 aliphatic rings. The molecule has 21 heavy (non-hydrogen) atoms. The monoisotopic (exact) mass is 284 g/mol. The number of rotatable bonds is 4. The van der Waals surface area contributed by atoms with Crippen LogP contribution in [0.25, 0.3) is 11.1 Å². The van der Waals surface area contributed by atoms with Crippen molar-refractivity contribution in [2.75, 3.05) is 0 Å². The highest BCUT2D eigenvalue weighted by atomic mass is 15.3. The number of nitrogens with zero attached hydrogens (tertiary/aromatic N) is 2. The van der Waals surface area contributed by atoms with Gasteiger partial charge in [-0.05, 0) is 49.3 Å². The van der Waals surface area contributed by atoms with Crippen molar-refractivity contribution < 1.29 is 0 Å². The van der Waals surface area contributed by atoms with Gasteiger partial charge in [0.25, 0.3) is 0 Å². The first-order valence-electron chi connectivity index (χ1n) is 8.00. The van der Waals surface area contributed by atoms with Crippen molar-refractivity contribution in [1.29, 1.82) is 0 Å². The molecule has 1 aromatic carbocycles. The van der Waals surface area contributed by atoms with Crippen LogP contribution in [0.1, 0.15) is 76.1 Å². The highest BCUT2D eigenvalue weighted by molar-refractivity contribution is 5.72. The van der Waals surface area contributed by atoms with Crippen molar-refractivity contribution >= 4 is 0 Å². The normalized spacial score (nSPS) is 11.9. The van der Waals surface area contributed by atoms with E-state index in [-0.39, 0.29) is 0 Å². The molecule has 1 aromatic heterocycles. The Morgan fingerprint density at radius 1 is 0.905 bits per heavy atom. The quantitative estimate of drug-likeness (QED) is 0.705. The van der Waals surface area contributed by atoms with Gasteiger partial charge in [-0.3, -0.25) is 4.68 Å². The van der Waals surface area contributed by atoms with Crippen LogP contribution in [-0.4, -0.2) is 9.78 Å². The van der Waals surface area contributed by atoms with Crippen molar-refractivity contribution in [3.8, 4) is 11.1 Å². The topological polar surface area (TPSA) is 17.8 Å². The van der Waals surface area contributed by atoms with Crippen molar-refractivity contribution in [2.24, 2.45) is 0 Å². The summed E-state index contributed by atoms with van der Waals surface area (Å²) >= 11 is 0. The first-order chi connectivity index (χ1) is 9.81. The summed E-state index contributed by atoms with van der Waals surface area (Å²) in [6.45, 7) is 15.6. The van der Waals surface area contributed by atoms with Crippen LogP contribution in [0, 0.1) is 6.92 Å². The second-order valence-corrected chi connectivity index (χ2v) is 6.93. The fourth-order valence-corrected chi connectivity index (χ4v) is 2.84. The fraction of sp³-hybridized carbons (Fsp3) is 0.526. The van der Waals surface area contributed by atoms with E-state index < -0.39 is 0 Å². The highest BCUT2D eigenvalue weighted by Gasteiger charge is 2.18. The van der Waals surface area contributed by atoms with Gasteiger partial charge in [-0.15, -0.1) is 0 Å². The molecule has 0 spiro atoms. The molecule has 0 N–H and O–H groups in total. The molecule has 0 bridgehead atoms. The molecule has 0 saturated heterocycles. The Kier molecular flexibility index (Phi) is 4.55. The zero-order valence-corrected chi connectivity index (χ0v) is 14.4. The number of aryl methyl sites for hydroxylation is 1. The maximum absolute atomic E-state index is 4.53. The van der Waals surface area contributed by atoms with E-state index in [4.69, 9.17) is 0 Å². The molecular weight excluding hydrogens is 256 g/mol. The van der Waals surface area contributed by atoms with E-state index in [0.29, 0.717) is 17.9 Å². The lowest BCUT2D eigenvalue weighted by molar-refractivity contribution is 0.532. The highest BCUT2D eigenvalue weighted by Crippen LogP contribution is 2.37. The third-order valence-corrected chi connectivity index (χ3v) is 4.01. The standard InChI is InChI=1S/C19H28N2/c1-12(2)17-8-15(7)9-18(13(3)4)19(17)16-10-20-21(11-16)14(5)6/h8-14H,1-7H3. The van der Waals surface area contributed by atoms with Gasteiger partial charge in [-0.1, -0.05) is 45.4 Å². The largest absolute Gasteiger partial charge is 0.270 e. The third kappa shape index (κ3) is 3.20. The van der Waals surface area contributed by atoms with Crippen LogP contribution in [0.3, 0.4) is 0 Å². The van der Waals surface area contributed by atoms with Crippen molar-refractivity contribution in [3.63, 3.8) is 0 Å². The Bertz CT molecular complexity index is 589. The molecule has 0 fully saturated rings. The van der Waals surface area contributed by atoms with Gasteiger partial charge in [0, 0.05) is 17.8 Å². The molecule has 2 heteroatoms. The molecule has 0 aliphatic heterocycles. The Morgan fingerprint density at radius 3 is 1.81 bits per heavy atom. The predicted molar refractivity (Wildman–Crippen MR) is 91.0 cm³/mol. The number of hydrogen-bond acceptors (Lipinski definition) is 1. The lowest BCUT2D eigenvalue weighted by Gasteiger charge is -2.20. The summed E-state index contributed by atoms with van der Waals surface area (Å²) in [6, 6.07) is 5.06. The van der Waals surface area contributed by atoms with E-state index in [0.717, 1.165) is 0 Å². The van der Waals surface area contributed by atoms with Crippen LogP contribution in [0.5, 0.6) is 0 Å². The first kappa shape index (κ1) is 15.8. The summed E-state index contributed by atoms with van der Waals surface area (Å²) in [4.78, 5) is 0. The van der Waals surface area contributed by atoms with Crippen molar-refractivity contribution in [3.05, 3.63) is 41.2 Å².